The average molecular weight is 517 g/mol. The highest BCUT2D eigenvalue weighted by Crippen LogP contribution is 2.36. The molecule has 5 rings (SSSR count). The van der Waals surface area contributed by atoms with Crippen LogP contribution in [0.15, 0.2) is 24.4 Å². The third-order valence-corrected chi connectivity index (χ3v) is 7.50. The summed E-state index contributed by atoms with van der Waals surface area (Å²) in [7, 11) is 1.69. The number of aliphatic hydroxyl groups excluding tert-OH is 1. The minimum absolute atomic E-state index is 0.0188. The number of imidazole rings is 1. The number of aromatic nitrogens is 4. The lowest BCUT2D eigenvalue weighted by atomic mass is 9.90. The standard InChI is InChI=1S/C26H34F2N6O3/c1-3-37-26(36-2)12-10-17(11-13-26)30-24-29-15-22-23(33-24)34(18-5-7-19(35)8-6-18)25(32-22)31-21-9-4-16(27)14-20(21)28/h4,9,14-15,17-19,35H,3,5-8,10-13H2,1-2H3,(H,31,32)(H,29,30,33). The molecule has 3 N–H and O–H groups in total. The number of hydrogen-bond donors (Lipinski definition) is 3. The highest BCUT2D eigenvalue weighted by Gasteiger charge is 2.36. The summed E-state index contributed by atoms with van der Waals surface area (Å²) in [4.78, 5) is 14.0. The number of ether oxygens (including phenoxy) is 2. The van der Waals surface area contributed by atoms with Crippen LogP contribution in [-0.2, 0) is 9.47 Å². The summed E-state index contributed by atoms with van der Waals surface area (Å²) in [5.74, 6) is -0.977. The van der Waals surface area contributed by atoms with Gasteiger partial charge in [-0.15, -0.1) is 0 Å². The van der Waals surface area contributed by atoms with Crippen LogP contribution in [0.5, 0.6) is 0 Å². The van der Waals surface area contributed by atoms with E-state index in [1.54, 1.807) is 13.3 Å². The monoisotopic (exact) mass is 516 g/mol. The molecular formula is C26H34F2N6O3. The van der Waals surface area contributed by atoms with Crippen molar-refractivity contribution in [2.75, 3.05) is 24.4 Å². The van der Waals surface area contributed by atoms with Gasteiger partial charge in [0.1, 0.15) is 17.2 Å². The Kier molecular flexibility index (Phi) is 7.55. The molecule has 0 unspecified atom stereocenters. The van der Waals surface area contributed by atoms with E-state index < -0.39 is 17.4 Å². The third-order valence-electron chi connectivity index (χ3n) is 7.50. The summed E-state index contributed by atoms with van der Waals surface area (Å²) >= 11 is 0. The summed E-state index contributed by atoms with van der Waals surface area (Å²) in [6, 6.07) is 3.58. The molecule has 2 saturated carbocycles. The number of nitrogens with one attached hydrogen (secondary N) is 2. The molecule has 2 aliphatic rings. The first-order chi connectivity index (χ1) is 17.9. The molecule has 0 amide bonds. The van der Waals surface area contributed by atoms with E-state index in [9.17, 15) is 13.9 Å². The molecular weight excluding hydrogens is 482 g/mol. The van der Waals surface area contributed by atoms with Gasteiger partial charge in [-0.25, -0.2) is 18.7 Å². The van der Waals surface area contributed by atoms with E-state index in [-0.39, 0.29) is 23.9 Å². The minimum Gasteiger partial charge on any atom is -0.393 e. The fraction of sp³-hybridized carbons (Fsp3) is 0.577. The fourth-order valence-electron chi connectivity index (χ4n) is 5.48. The van der Waals surface area contributed by atoms with Crippen molar-refractivity contribution in [1.29, 1.82) is 0 Å². The second kappa shape index (κ2) is 10.8. The summed E-state index contributed by atoms with van der Waals surface area (Å²) in [6.07, 6.45) is 7.38. The molecule has 1 aromatic carbocycles. The van der Waals surface area contributed by atoms with E-state index in [2.05, 4.69) is 20.6 Å². The molecule has 2 aromatic heterocycles. The van der Waals surface area contributed by atoms with Gasteiger partial charge >= 0.3 is 0 Å². The first kappa shape index (κ1) is 25.7. The molecule has 3 aromatic rings. The number of nitrogens with zero attached hydrogens (tertiary/aromatic N) is 4. The third kappa shape index (κ3) is 5.53. The molecule has 0 radical (unpaired) electrons. The number of benzene rings is 1. The number of fused-ring (bicyclic) bond motifs is 1. The number of rotatable bonds is 8. The van der Waals surface area contributed by atoms with Gasteiger partial charge in [0.05, 0.1) is 18.0 Å². The maximum absolute atomic E-state index is 14.4. The topological polar surface area (TPSA) is 106 Å². The van der Waals surface area contributed by atoms with Crippen molar-refractivity contribution < 1.29 is 23.4 Å². The van der Waals surface area contributed by atoms with Gasteiger partial charge in [0.15, 0.2) is 11.4 Å². The number of aliphatic hydroxyl groups is 1. The normalized spacial score (nSPS) is 26.4. The predicted molar refractivity (Wildman–Crippen MR) is 136 cm³/mol. The van der Waals surface area contributed by atoms with Gasteiger partial charge in [0, 0.05) is 44.7 Å². The molecule has 9 nitrogen and oxygen atoms in total. The highest BCUT2D eigenvalue weighted by atomic mass is 19.1. The van der Waals surface area contributed by atoms with Crippen LogP contribution < -0.4 is 10.6 Å². The van der Waals surface area contributed by atoms with Gasteiger partial charge in [0.2, 0.25) is 11.9 Å². The largest absolute Gasteiger partial charge is 0.393 e. The molecule has 37 heavy (non-hydrogen) atoms. The van der Waals surface area contributed by atoms with Crippen LogP contribution in [0, 0.1) is 11.6 Å². The molecule has 0 atom stereocenters. The smallest absolute Gasteiger partial charge is 0.224 e. The van der Waals surface area contributed by atoms with Crippen LogP contribution in [0.25, 0.3) is 11.2 Å². The van der Waals surface area contributed by atoms with Crippen LogP contribution in [0.1, 0.15) is 64.3 Å². The highest BCUT2D eigenvalue weighted by molar-refractivity contribution is 5.76. The average Bonchev–Trinajstić information content (AvgIpc) is 3.25. The van der Waals surface area contributed by atoms with Gasteiger partial charge in [-0.3, -0.25) is 4.57 Å². The van der Waals surface area contributed by atoms with Crippen molar-refractivity contribution in [3.63, 3.8) is 0 Å². The number of anilines is 3. The Morgan fingerprint density at radius 2 is 1.86 bits per heavy atom. The molecule has 2 fully saturated rings. The molecule has 0 aliphatic heterocycles. The predicted octanol–water partition coefficient (Wildman–Crippen LogP) is 5.06. The van der Waals surface area contributed by atoms with Gasteiger partial charge in [0.25, 0.3) is 0 Å². The van der Waals surface area contributed by atoms with Crippen molar-refractivity contribution >= 4 is 28.7 Å². The van der Waals surface area contributed by atoms with E-state index in [4.69, 9.17) is 14.5 Å². The second-order valence-electron chi connectivity index (χ2n) is 9.89. The summed E-state index contributed by atoms with van der Waals surface area (Å²) in [6.45, 7) is 2.57. The zero-order valence-electron chi connectivity index (χ0n) is 21.2. The Bertz CT molecular complexity index is 1220. The Balaban J connectivity index is 1.42. The van der Waals surface area contributed by atoms with E-state index in [1.807, 2.05) is 11.5 Å². The lowest BCUT2D eigenvalue weighted by Crippen LogP contribution is -2.42. The van der Waals surface area contributed by atoms with Gasteiger partial charge in [-0.05, 0) is 57.6 Å². The summed E-state index contributed by atoms with van der Waals surface area (Å²) in [5.41, 5.74) is 1.32. The molecule has 200 valence electrons. The van der Waals surface area contributed by atoms with E-state index in [0.717, 1.165) is 44.6 Å². The van der Waals surface area contributed by atoms with Crippen molar-refractivity contribution in [1.82, 2.24) is 19.5 Å². The fourth-order valence-corrected chi connectivity index (χ4v) is 5.48. The van der Waals surface area contributed by atoms with E-state index in [0.29, 0.717) is 42.5 Å². The quantitative estimate of drug-likeness (QED) is 0.357. The molecule has 0 saturated heterocycles. The Morgan fingerprint density at radius 1 is 1.11 bits per heavy atom. The molecule has 0 bridgehead atoms. The second-order valence-corrected chi connectivity index (χ2v) is 9.89. The van der Waals surface area contributed by atoms with Crippen LogP contribution in [0.4, 0.5) is 26.4 Å². The number of methoxy groups -OCH3 is 1. The molecule has 2 aliphatic carbocycles. The van der Waals surface area contributed by atoms with Crippen molar-refractivity contribution in [3.05, 3.63) is 36.0 Å². The zero-order chi connectivity index (χ0) is 26.0. The van der Waals surface area contributed by atoms with Crippen LogP contribution >= 0.6 is 0 Å². The Morgan fingerprint density at radius 3 is 2.54 bits per heavy atom. The van der Waals surface area contributed by atoms with Crippen molar-refractivity contribution in [2.24, 2.45) is 0 Å². The van der Waals surface area contributed by atoms with Crippen molar-refractivity contribution in [2.45, 2.75) is 82.3 Å². The van der Waals surface area contributed by atoms with Crippen LogP contribution in [-0.4, -0.2) is 56.3 Å². The van der Waals surface area contributed by atoms with E-state index >= 15 is 0 Å². The number of hydrogen-bond acceptors (Lipinski definition) is 8. The zero-order valence-corrected chi connectivity index (χ0v) is 21.2. The van der Waals surface area contributed by atoms with E-state index in [1.165, 1.54) is 12.1 Å². The maximum Gasteiger partial charge on any atom is 0.224 e. The van der Waals surface area contributed by atoms with Gasteiger partial charge in [-0.1, -0.05) is 0 Å². The number of halogens is 2. The maximum atomic E-state index is 14.4. The first-order valence-corrected chi connectivity index (χ1v) is 13.0. The Labute approximate surface area is 214 Å². The van der Waals surface area contributed by atoms with Gasteiger partial charge < -0.3 is 25.2 Å². The molecule has 2 heterocycles. The summed E-state index contributed by atoms with van der Waals surface area (Å²) in [5, 5.41) is 16.5. The minimum atomic E-state index is -0.706. The first-order valence-electron chi connectivity index (χ1n) is 13.0. The Hall–Kier alpha value is -2.89. The summed E-state index contributed by atoms with van der Waals surface area (Å²) < 4.78 is 41.4. The van der Waals surface area contributed by atoms with Crippen LogP contribution in [0.3, 0.4) is 0 Å². The van der Waals surface area contributed by atoms with Crippen molar-refractivity contribution in [3.8, 4) is 0 Å². The lowest BCUT2D eigenvalue weighted by Gasteiger charge is -2.38. The molecule has 0 spiro atoms. The van der Waals surface area contributed by atoms with Crippen LogP contribution in [0.2, 0.25) is 0 Å². The van der Waals surface area contributed by atoms with Gasteiger partial charge in [-0.2, -0.15) is 4.98 Å². The lowest BCUT2D eigenvalue weighted by molar-refractivity contribution is -0.236. The SMILES string of the molecule is CCOC1(OC)CCC(Nc2ncc3nc(Nc4ccc(F)cc4F)n(C4CCC(O)CC4)c3n2)CC1. The molecule has 11 heteroatoms.